The summed E-state index contributed by atoms with van der Waals surface area (Å²) in [6.45, 7) is 4.70. The van der Waals surface area contributed by atoms with Crippen LogP contribution in [-0.4, -0.2) is 69.0 Å². The number of hydrogen-bond acceptors (Lipinski definition) is 8. The van der Waals surface area contributed by atoms with Gasteiger partial charge in [0.05, 0.1) is 11.1 Å². The zero-order valence-electron chi connectivity index (χ0n) is 22.9. The van der Waals surface area contributed by atoms with E-state index in [0.717, 1.165) is 43.7 Å². The first-order chi connectivity index (χ1) is 20.0. The number of ether oxygens (including phenoxy) is 3. The molecule has 0 aliphatic carbocycles. The molecule has 0 aromatic heterocycles. The Hall–Kier alpha value is -3.43. The smallest absolute Gasteiger partial charge is 0.197 e. The van der Waals surface area contributed by atoms with Crippen LogP contribution in [0.15, 0.2) is 59.8 Å². The van der Waals surface area contributed by atoms with Crippen molar-refractivity contribution in [2.45, 2.75) is 38.0 Å². The Balaban J connectivity index is 1.15. The highest BCUT2D eigenvalue weighted by atomic mass is 35.5. The van der Waals surface area contributed by atoms with Crippen LogP contribution in [0.25, 0.3) is 0 Å². The van der Waals surface area contributed by atoms with Crippen LogP contribution >= 0.6 is 11.6 Å². The van der Waals surface area contributed by atoms with Gasteiger partial charge in [0.2, 0.25) is 0 Å². The van der Waals surface area contributed by atoms with E-state index in [1.54, 1.807) is 0 Å². The van der Waals surface area contributed by atoms with E-state index in [2.05, 4.69) is 15.1 Å². The zero-order valence-corrected chi connectivity index (χ0v) is 23.7. The van der Waals surface area contributed by atoms with Crippen molar-refractivity contribution in [3.63, 3.8) is 0 Å². The molecule has 2 unspecified atom stereocenters. The summed E-state index contributed by atoms with van der Waals surface area (Å²) in [6, 6.07) is 8.74. The molecular formula is C31H35ClFN4O4-. The van der Waals surface area contributed by atoms with Crippen LogP contribution < -0.4 is 29.5 Å². The predicted molar refractivity (Wildman–Crippen MR) is 156 cm³/mol. The monoisotopic (exact) mass is 581 g/mol. The van der Waals surface area contributed by atoms with Gasteiger partial charge in [-0.25, -0.2) is 4.39 Å². The number of benzene rings is 2. The number of rotatable bonds is 9. The molecule has 41 heavy (non-hydrogen) atoms. The third-order valence-corrected chi connectivity index (χ3v) is 8.24. The average Bonchev–Trinajstić information content (AvgIpc) is 3.68. The number of hydrogen-bond donors (Lipinski definition) is 1. The number of fused-ring (bicyclic) bond motifs is 1. The molecule has 1 N–H and O–H groups in total. The summed E-state index contributed by atoms with van der Waals surface area (Å²) in [5.74, 6) is 0.423. The quantitative estimate of drug-likeness (QED) is 0.355. The van der Waals surface area contributed by atoms with Crippen molar-refractivity contribution >= 4 is 23.2 Å². The van der Waals surface area contributed by atoms with Crippen molar-refractivity contribution in [2.75, 3.05) is 50.8 Å². The molecule has 6 rings (SSSR count). The van der Waals surface area contributed by atoms with Gasteiger partial charge in [0.25, 0.3) is 0 Å². The van der Waals surface area contributed by atoms with Gasteiger partial charge in [0.15, 0.2) is 23.5 Å². The minimum atomic E-state index is -0.437. The van der Waals surface area contributed by atoms with Gasteiger partial charge >= 0.3 is 0 Å². The Bertz CT molecular complexity index is 1330. The first kappa shape index (κ1) is 27.7. The molecule has 2 aromatic carbocycles. The molecule has 8 nitrogen and oxygen atoms in total. The molecule has 0 amide bonds. The van der Waals surface area contributed by atoms with E-state index < -0.39 is 5.82 Å². The van der Waals surface area contributed by atoms with Crippen LogP contribution in [-0.2, 0) is 6.42 Å². The number of allylic oxidation sites excluding steroid dienone is 2. The zero-order chi connectivity index (χ0) is 28.2. The summed E-state index contributed by atoms with van der Waals surface area (Å²) >= 11 is 6.42. The molecule has 218 valence electrons. The number of dihydropyridines is 1. The minimum Gasteiger partial charge on any atom is -0.862 e. The maximum Gasteiger partial charge on any atom is 0.197 e. The number of nitrogens with zero attached hydrogens (tertiary/aromatic N) is 3. The Labute approximate surface area is 245 Å². The molecule has 2 aromatic rings. The molecule has 0 radical (unpaired) electrons. The van der Waals surface area contributed by atoms with Gasteiger partial charge in [0.1, 0.15) is 19.0 Å². The topological polar surface area (TPSA) is 81.6 Å². The van der Waals surface area contributed by atoms with Crippen molar-refractivity contribution in [2.24, 2.45) is 10.9 Å². The van der Waals surface area contributed by atoms with Crippen molar-refractivity contribution < 1.29 is 23.7 Å². The minimum absolute atomic E-state index is 0.0940. The summed E-state index contributed by atoms with van der Waals surface area (Å²) in [7, 11) is 0. The highest BCUT2D eigenvalue weighted by Crippen LogP contribution is 2.35. The van der Waals surface area contributed by atoms with Crippen molar-refractivity contribution in [3.8, 4) is 17.2 Å². The van der Waals surface area contributed by atoms with Crippen LogP contribution in [0.1, 0.15) is 24.8 Å². The summed E-state index contributed by atoms with van der Waals surface area (Å²) in [4.78, 5) is 9.25. The molecule has 0 saturated carbocycles. The van der Waals surface area contributed by atoms with Gasteiger partial charge < -0.3 is 39.4 Å². The maximum atomic E-state index is 14.7. The van der Waals surface area contributed by atoms with Gasteiger partial charge in [-0.2, -0.15) is 0 Å². The van der Waals surface area contributed by atoms with E-state index in [4.69, 9.17) is 30.8 Å². The normalized spacial score (nSPS) is 23.1. The molecule has 4 aliphatic heterocycles. The highest BCUT2D eigenvalue weighted by Gasteiger charge is 2.26. The molecule has 0 spiro atoms. The fourth-order valence-electron chi connectivity index (χ4n) is 5.87. The van der Waals surface area contributed by atoms with E-state index in [1.165, 1.54) is 6.07 Å². The fourth-order valence-corrected chi connectivity index (χ4v) is 6.03. The second-order valence-corrected chi connectivity index (χ2v) is 11.3. The van der Waals surface area contributed by atoms with E-state index in [9.17, 15) is 9.50 Å². The number of nitrogens with one attached hydrogen (secondary N) is 1. The fraction of sp³-hybridized carbons (Fsp3) is 0.452. The number of anilines is 1. The molecule has 4 aliphatic rings. The molecule has 3 atom stereocenters. The van der Waals surface area contributed by atoms with Gasteiger partial charge in [-0.05, 0) is 92.9 Å². The SMILES string of the molecule is [O-]C(=NC(Cc1cc(F)c2c(c1)OCCO2)CN1CCCC1)[C@@H]1CCN(c2ccc(Cl)c(OC3C=CC=CN3)c2)C1. The van der Waals surface area contributed by atoms with E-state index in [1.807, 2.05) is 48.7 Å². The lowest BCUT2D eigenvalue weighted by Crippen LogP contribution is -2.36. The van der Waals surface area contributed by atoms with Crippen LogP contribution in [0.5, 0.6) is 17.2 Å². The molecule has 10 heteroatoms. The first-order valence-corrected chi connectivity index (χ1v) is 14.8. The second-order valence-electron chi connectivity index (χ2n) is 10.9. The van der Waals surface area contributed by atoms with E-state index >= 15 is 0 Å². The Morgan fingerprint density at radius 1 is 1.15 bits per heavy atom. The molecule has 0 bridgehead atoms. The maximum absolute atomic E-state index is 14.7. The largest absolute Gasteiger partial charge is 0.862 e. The van der Waals surface area contributed by atoms with Gasteiger partial charge in [-0.1, -0.05) is 17.7 Å². The molecule has 2 fully saturated rings. The van der Waals surface area contributed by atoms with Gasteiger partial charge in [0, 0.05) is 37.3 Å². The molecular weight excluding hydrogens is 547 g/mol. The van der Waals surface area contributed by atoms with Crippen molar-refractivity contribution in [3.05, 3.63) is 71.2 Å². The number of halogens is 2. The lowest BCUT2D eigenvalue weighted by molar-refractivity contribution is -0.223. The van der Waals surface area contributed by atoms with Crippen LogP contribution in [0, 0.1) is 11.7 Å². The summed E-state index contributed by atoms with van der Waals surface area (Å²) in [5.41, 5.74) is 1.71. The standard InChI is InChI=1S/C31H36ClFN4O4/c32-25-7-6-24(18-27(25)41-29-5-1-2-9-34-29)37-12-8-22(19-37)31(38)35-23(20-36-10-3-4-11-36)15-21-16-26(33)30-28(17-21)39-13-14-40-30/h1-2,5-7,9,16-18,22-23,29,34H,3-4,8,10-15,19-20H2,(H,35,38)/p-1/t22-,23?,29?/m1/s1. The van der Waals surface area contributed by atoms with Crippen LogP contribution in [0.2, 0.25) is 5.02 Å². The highest BCUT2D eigenvalue weighted by molar-refractivity contribution is 6.32. The Kier molecular flexibility index (Phi) is 8.53. The lowest BCUT2D eigenvalue weighted by atomic mass is 10.0. The predicted octanol–water partition coefficient (Wildman–Crippen LogP) is 3.92. The van der Waals surface area contributed by atoms with E-state index in [-0.39, 0.29) is 29.8 Å². The summed E-state index contributed by atoms with van der Waals surface area (Å²) in [6.07, 6.45) is 10.7. The van der Waals surface area contributed by atoms with Gasteiger partial charge in [-0.3, -0.25) is 0 Å². The third kappa shape index (κ3) is 6.73. The van der Waals surface area contributed by atoms with Crippen molar-refractivity contribution in [1.29, 1.82) is 0 Å². The second kappa shape index (κ2) is 12.6. The van der Waals surface area contributed by atoms with Crippen molar-refractivity contribution in [1.82, 2.24) is 10.2 Å². The number of aliphatic imine (C=N–C) groups is 1. The molecule has 2 saturated heterocycles. The Morgan fingerprint density at radius 3 is 2.83 bits per heavy atom. The molecule has 4 heterocycles. The van der Waals surface area contributed by atoms with Gasteiger partial charge in [-0.15, -0.1) is 0 Å². The summed E-state index contributed by atoms with van der Waals surface area (Å²) in [5, 5.41) is 17.1. The number of likely N-dealkylation sites (tertiary alicyclic amines) is 1. The lowest BCUT2D eigenvalue weighted by Gasteiger charge is -2.27. The van der Waals surface area contributed by atoms with E-state index in [0.29, 0.717) is 55.7 Å². The third-order valence-electron chi connectivity index (χ3n) is 7.93. The van der Waals surface area contributed by atoms with Crippen LogP contribution in [0.3, 0.4) is 0 Å². The summed E-state index contributed by atoms with van der Waals surface area (Å²) < 4.78 is 31.8. The van der Waals surface area contributed by atoms with Crippen LogP contribution in [0.4, 0.5) is 10.1 Å². The average molecular weight is 582 g/mol. The Morgan fingerprint density at radius 2 is 2.00 bits per heavy atom. The first-order valence-electron chi connectivity index (χ1n) is 14.4.